The zero-order valence-corrected chi connectivity index (χ0v) is 12.3. The Kier molecular flexibility index (Phi) is 5.35. The fraction of sp³-hybridized carbons (Fsp3) is 0.235. The SMILES string of the molecule is COCc1ccccc1NCC(=O)Nc1ccccc1C. The molecule has 21 heavy (non-hydrogen) atoms. The lowest BCUT2D eigenvalue weighted by molar-refractivity contribution is -0.114. The first-order valence-corrected chi connectivity index (χ1v) is 6.87. The lowest BCUT2D eigenvalue weighted by Crippen LogP contribution is -2.22. The van der Waals surface area contributed by atoms with Gasteiger partial charge >= 0.3 is 0 Å². The van der Waals surface area contributed by atoms with Gasteiger partial charge in [0.15, 0.2) is 0 Å². The van der Waals surface area contributed by atoms with Crippen molar-refractivity contribution in [2.24, 2.45) is 0 Å². The van der Waals surface area contributed by atoms with Gasteiger partial charge in [0.25, 0.3) is 0 Å². The summed E-state index contributed by atoms with van der Waals surface area (Å²) in [5, 5.41) is 6.04. The van der Waals surface area contributed by atoms with Crippen molar-refractivity contribution in [3.63, 3.8) is 0 Å². The molecule has 2 rings (SSSR count). The van der Waals surface area contributed by atoms with Crippen LogP contribution < -0.4 is 10.6 Å². The van der Waals surface area contributed by atoms with Crippen molar-refractivity contribution in [3.05, 3.63) is 59.7 Å². The van der Waals surface area contributed by atoms with Crippen molar-refractivity contribution < 1.29 is 9.53 Å². The number of benzene rings is 2. The first kappa shape index (κ1) is 15.1. The Bertz CT molecular complexity index is 611. The van der Waals surface area contributed by atoms with Crippen molar-refractivity contribution in [1.82, 2.24) is 0 Å². The molecule has 0 fully saturated rings. The maximum Gasteiger partial charge on any atom is 0.243 e. The van der Waals surface area contributed by atoms with E-state index in [0.717, 1.165) is 22.5 Å². The quantitative estimate of drug-likeness (QED) is 0.856. The maximum atomic E-state index is 12.0. The lowest BCUT2D eigenvalue weighted by atomic mass is 10.2. The molecule has 0 heterocycles. The molecule has 0 unspecified atom stereocenters. The average Bonchev–Trinajstić information content (AvgIpc) is 2.49. The predicted molar refractivity (Wildman–Crippen MR) is 85.5 cm³/mol. The van der Waals surface area contributed by atoms with Gasteiger partial charge in [0.2, 0.25) is 5.91 Å². The van der Waals surface area contributed by atoms with Crippen molar-refractivity contribution in [3.8, 4) is 0 Å². The van der Waals surface area contributed by atoms with Crippen LogP contribution in [0.4, 0.5) is 11.4 Å². The fourth-order valence-electron chi connectivity index (χ4n) is 2.06. The molecule has 4 nitrogen and oxygen atoms in total. The molecule has 0 saturated carbocycles. The van der Waals surface area contributed by atoms with Crippen molar-refractivity contribution in [2.45, 2.75) is 13.5 Å². The predicted octanol–water partition coefficient (Wildman–Crippen LogP) is 3.19. The van der Waals surface area contributed by atoms with E-state index in [1.807, 2.05) is 55.5 Å². The Morgan fingerprint density at radius 2 is 1.71 bits per heavy atom. The molecule has 0 aliphatic heterocycles. The van der Waals surface area contributed by atoms with Crippen LogP contribution in [0, 0.1) is 6.92 Å². The standard InChI is InChI=1S/C17H20N2O2/c1-13-7-3-5-9-15(13)19-17(20)11-18-16-10-6-4-8-14(16)12-21-2/h3-10,18H,11-12H2,1-2H3,(H,19,20). The van der Waals surface area contributed by atoms with Crippen LogP contribution in [0.15, 0.2) is 48.5 Å². The van der Waals surface area contributed by atoms with E-state index in [4.69, 9.17) is 4.74 Å². The third kappa shape index (κ3) is 4.33. The second kappa shape index (κ2) is 7.45. The second-order valence-electron chi connectivity index (χ2n) is 4.81. The van der Waals surface area contributed by atoms with Crippen LogP contribution >= 0.6 is 0 Å². The molecule has 2 N–H and O–H groups in total. The monoisotopic (exact) mass is 284 g/mol. The largest absolute Gasteiger partial charge is 0.380 e. The summed E-state index contributed by atoms with van der Waals surface area (Å²) in [6, 6.07) is 15.5. The first-order chi connectivity index (χ1) is 10.2. The molecule has 2 aromatic carbocycles. The van der Waals surface area contributed by atoms with E-state index in [9.17, 15) is 4.79 Å². The number of ether oxygens (including phenoxy) is 1. The van der Waals surface area contributed by atoms with Gasteiger partial charge < -0.3 is 15.4 Å². The zero-order chi connectivity index (χ0) is 15.1. The number of amides is 1. The molecular weight excluding hydrogens is 264 g/mol. The summed E-state index contributed by atoms with van der Waals surface area (Å²) < 4.78 is 5.15. The van der Waals surface area contributed by atoms with E-state index in [-0.39, 0.29) is 12.5 Å². The van der Waals surface area contributed by atoms with Crippen LogP contribution in [-0.4, -0.2) is 19.6 Å². The van der Waals surface area contributed by atoms with E-state index >= 15 is 0 Å². The van der Waals surface area contributed by atoms with Crippen molar-refractivity contribution in [1.29, 1.82) is 0 Å². The smallest absolute Gasteiger partial charge is 0.243 e. The Hall–Kier alpha value is -2.33. The topological polar surface area (TPSA) is 50.4 Å². The molecular formula is C17H20N2O2. The van der Waals surface area contributed by atoms with Crippen LogP contribution in [-0.2, 0) is 16.1 Å². The molecule has 4 heteroatoms. The summed E-state index contributed by atoms with van der Waals surface area (Å²) in [7, 11) is 1.65. The number of rotatable bonds is 6. The van der Waals surface area contributed by atoms with Gasteiger partial charge in [-0.15, -0.1) is 0 Å². The Morgan fingerprint density at radius 3 is 2.43 bits per heavy atom. The molecule has 0 radical (unpaired) electrons. The molecule has 0 bridgehead atoms. The summed E-state index contributed by atoms with van der Waals surface area (Å²) in [4.78, 5) is 12.0. The normalized spacial score (nSPS) is 10.2. The lowest BCUT2D eigenvalue weighted by Gasteiger charge is -2.12. The highest BCUT2D eigenvalue weighted by atomic mass is 16.5. The Morgan fingerprint density at radius 1 is 1.05 bits per heavy atom. The minimum Gasteiger partial charge on any atom is -0.380 e. The van der Waals surface area contributed by atoms with E-state index in [1.165, 1.54) is 0 Å². The summed E-state index contributed by atoms with van der Waals surface area (Å²) in [6.07, 6.45) is 0. The Balaban J connectivity index is 1.94. The molecule has 0 aliphatic carbocycles. The van der Waals surface area contributed by atoms with Crippen molar-refractivity contribution >= 4 is 17.3 Å². The number of carbonyl (C=O) groups excluding carboxylic acids is 1. The van der Waals surface area contributed by atoms with E-state index in [1.54, 1.807) is 7.11 Å². The molecule has 1 amide bonds. The van der Waals surface area contributed by atoms with E-state index in [0.29, 0.717) is 6.61 Å². The number of hydrogen-bond donors (Lipinski definition) is 2. The Labute approximate surface area is 125 Å². The van der Waals surface area contributed by atoms with Gasteiger partial charge in [-0.3, -0.25) is 4.79 Å². The molecule has 110 valence electrons. The minimum absolute atomic E-state index is 0.0727. The first-order valence-electron chi connectivity index (χ1n) is 6.87. The van der Waals surface area contributed by atoms with Crippen LogP contribution in [0.2, 0.25) is 0 Å². The summed E-state index contributed by atoms with van der Waals surface area (Å²) in [5.41, 5.74) is 3.84. The minimum atomic E-state index is -0.0727. The summed E-state index contributed by atoms with van der Waals surface area (Å²) in [6.45, 7) is 2.70. The van der Waals surface area contributed by atoms with Gasteiger partial charge in [0.1, 0.15) is 0 Å². The van der Waals surface area contributed by atoms with Gasteiger partial charge in [-0.1, -0.05) is 36.4 Å². The van der Waals surface area contributed by atoms with Crippen LogP contribution in [0.5, 0.6) is 0 Å². The van der Waals surface area contributed by atoms with Crippen LogP contribution in [0.25, 0.3) is 0 Å². The third-order valence-corrected chi connectivity index (χ3v) is 3.18. The average molecular weight is 284 g/mol. The van der Waals surface area contributed by atoms with Crippen LogP contribution in [0.3, 0.4) is 0 Å². The van der Waals surface area contributed by atoms with Gasteiger partial charge in [0.05, 0.1) is 13.2 Å². The van der Waals surface area contributed by atoms with Gasteiger partial charge in [-0.25, -0.2) is 0 Å². The number of methoxy groups -OCH3 is 1. The number of hydrogen-bond acceptors (Lipinski definition) is 3. The maximum absolute atomic E-state index is 12.0. The van der Waals surface area contributed by atoms with Gasteiger partial charge in [-0.05, 0) is 24.6 Å². The van der Waals surface area contributed by atoms with E-state index < -0.39 is 0 Å². The van der Waals surface area contributed by atoms with Crippen molar-refractivity contribution in [2.75, 3.05) is 24.3 Å². The third-order valence-electron chi connectivity index (χ3n) is 3.18. The van der Waals surface area contributed by atoms with Crippen LogP contribution in [0.1, 0.15) is 11.1 Å². The highest BCUT2D eigenvalue weighted by Crippen LogP contribution is 2.16. The number of anilines is 2. The highest BCUT2D eigenvalue weighted by Gasteiger charge is 2.06. The fourth-order valence-corrected chi connectivity index (χ4v) is 2.06. The molecule has 2 aromatic rings. The summed E-state index contributed by atoms with van der Waals surface area (Å²) in [5.74, 6) is -0.0727. The van der Waals surface area contributed by atoms with E-state index in [2.05, 4.69) is 10.6 Å². The number of carbonyl (C=O) groups is 1. The van der Waals surface area contributed by atoms with Gasteiger partial charge in [-0.2, -0.15) is 0 Å². The molecule has 0 aromatic heterocycles. The molecule has 0 aliphatic rings. The number of para-hydroxylation sites is 2. The highest BCUT2D eigenvalue weighted by molar-refractivity contribution is 5.94. The molecule has 0 atom stereocenters. The number of nitrogens with one attached hydrogen (secondary N) is 2. The second-order valence-corrected chi connectivity index (χ2v) is 4.81. The number of aryl methyl sites for hydroxylation is 1. The molecule has 0 spiro atoms. The van der Waals surface area contributed by atoms with Gasteiger partial charge in [0, 0.05) is 24.0 Å². The molecule has 0 saturated heterocycles. The summed E-state index contributed by atoms with van der Waals surface area (Å²) >= 11 is 0. The zero-order valence-electron chi connectivity index (χ0n) is 12.3.